The Morgan fingerprint density at radius 2 is 1.67 bits per heavy atom. The first-order valence-electron chi connectivity index (χ1n) is 7.90. The minimum absolute atomic E-state index is 0.187. The lowest BCUT2D eigenvalue weighted by molar-refractivity contribution is -0.121. The number of halogens is 1. The zero-order chi connectivity index (χ0) is 17.5. The standard InChI is InChI=1S/C19H22BrN3O/c1-13(2)16-6-4-15(5-7-16)12-21-23-19(24)14(3)22-18-10-8-17(20)9-11-18/h4-14,22H,1-3H3,(H,23,24). The molecule has 1 amide bonds. The first-order chi connectivity index (χ1) is 11.5. The normalized spacial score (nSPS) is 12.4. The average molecular weight is 388 g/mol. The van der Waals surface area contributed by atoms with E-state index in [0.717, 1.165) is 15.7 Å². The Morgan fingerprint density at radius 3 is 2.25 bits per heavy atom. The number of rotatable bonds is 6. The van der Waals surface area contributed by atoms with Crippen LogP contribution in [0.5, 0.6) is 0 Å². The van der Waals surface area contributed by atoms with Gasteiger partial charge in [-0.2, -0.15) is 5.10 Å². The van der Waals surface area contributed by atoms with E-state index in [9.17, 15) is 4.79 Å². The summed E-state index contributed by atoms with van der Waals surface area (Å²) in [5, 5.41) is 7.15. The predicted molar refractivity (Wildman–Crippen MR) is 103 cm³/mol. The van der Waals surface area contributed by atoms with Gasteiger partial charge < -0.3 is 5.32 Å². The average Bonchev–Trinajstić information content (AvgIpc) is 2.57. The molecular formula is C19H22BrN3O. The molecule has 0 aliphatic heterocycles. The van der Waals surface area contributed by atoms with E-state index in [-0.39, 0.29) is 11.9 Å². The van der Waals surface area contributed by atoms with Crippen LogP contribution in [0, 0.1) is 0 Å². The molecule has 126 valence electrons. The molecule has 0 heterocycles. The van der Waals surface area contributed by atoms with Crippen molar-refractivity contribution in [3.05, 3.63) is 64.1 Å². The van der Waals surface area contributed by atoms with Crippen molar-refractivity contribution in [1.82, 2.24) is 5.43 Å². The van der Waals surface area contributed by atoms with Gasteiger partial charge in [0, 0.05) is 10.2 Å². The summed E-state index contributed by atoms with van der Waals surface area (Å²) in [6.45, 7) is 6.11. The van der Waals surface area contributed by atoms with E-state index < -0.39 is 0 Å². The molecule has 0 spiro atoms. The van der Waals surface area contributed by atoms with E-state index in [4.69, 9.17) is 0 Å². The number of amides is 1. The lowest BCUT2D eigenvalue weighted by Crippen LogP contribution is -2.34. The van der Waals surface area contributed by atoms with E-state index >= 15 is 0 Å². The highest BCUT2D eigenvalue weighted by Gasteiger charge is 2.11. The molecule has 0 aliphatic carbocycles. The van der Waals surface area contributed by atoms with Crippen molar-refractivity contribution < 1.29 is 4.79 Å². The summed E-state index contributed by atoms with van der Waals surface area (Å²) in [7, 11) is 0. The predicted octanol–water partition coefficient (Wildman–Crippen LogP) is 4.52. The van der Waals surface area contributed by atoms with Gasteiger partial charge in [0.15, 0.2) is 0 Å². The second-order valence-corrected chi connectivity index (χ2v) is 6.84. The van der Waals surface area contributed by atoms with E-state index in [1.807, 2.05) is 36.4 Å². The molecule has 0 saturated heterocycles. The van der Waals surface area contributed by atoms with E-state index in [1.165, 1.54) is 5.56 Å². The van der Waals surface area contributed by atoms with Crippen LogP contribution in [0.3, 0.4) is 0 Å². The summed E-state index contributed by atoms with van der Waals surface area (Å²) < 4.78 is 0.998. The van der Waals surface area contributed by atoms with Crippen LogP contribution in [0.1, 0.15) is 37.8 Å². The zero-order valence-corrected chi connectivity index (χ0v) is 15.7. The highest BCUT2D eigenvalue weighted by atomic mass is 79.9. The summed E-state index contributed by atoms with van der Waals surface area (Å²) in [5.74, 6) is 0.314. The van der Waals surface area contributed by atoms with Crippen molar-refractivity contribution in [2.24, 2.45) is 5.10 Å². The smallest absolute Gasteiger partial charge is 0.262 e. The topological polar surface area (TPSA) is 53.5 Å². The van der Waals surface area contributed by atoms with Crippen molar-refractivity contribution in [2.75, 3.05) is 5.32 Å². The Kier molecular flexibility index (Phi) is 6.55. The highest BCUT2D eigenvalue weighted by Crippen LogP contribution is 2.15. The van der Waals surface area contributed by atoms with E-state index in [0.29, 0.717) is 5.92 Å². The van der Waals surface area contributed by atoms with Gasteiger partial charge in [-0.25, -0.2) is 5.43 Å². The molecule has 2 N–H and O–H groups in total. The van der Waals surface area contributed by atoms with Crippen molar-refractivity contribution in [1.29, 1.82) is 0 Å². The molecule has 24 heavy (non-hydrogen) atoms. The Labute approximate surface area is 151 Å². The highest BCUT2D eigenvalue weighted by molar-refractivity contribution is 9.10. The maximum Gasteiger partial charge on any atom is 0.262 e. The number of carbonyl (C=O) groups excluding carboxylic acids is 1. The lowest BCUT2D eigenvalue weighted by atomic mass is 10.0. The van der Waals surface area contributed by atoms with Crippen LogP contribution in [-0.4, -0.2) is 18.2 Å². The third-order valence-electron chi connectivity index (χ3n) is 3.61. The molecule has 2 aromatic rings. The summed E-state index contributed by atoms with van der Waals surface area (Å²) in [5.41, 5.74) is 5.68. The fraction of sp³-hybridized carbons (Fsp3) is 0.263. The first-order valence-corrected chi connectivity index (χ1v) is 8.70. The van der Waals surface area contributed by atoms with Crippen LogP contribution >= 0.6 is 15.9 Å². The number of hydrogen-bond acceptors (Lipinski definition) is 3. The van der Waals surface area contributed by atoms with Gasteiger partial charge in [-0.15, -0.1) is 0 Å². The van der Waals surface area contributed by atoms with Gasteiger partial charge in [-0.1, -0.05) is 54.0 Å². The quantitative estimate of drug-likeness (QED) is 0.565. The fourth-order valence-corrected chi connectivity index (χ4v) is 2.36. The monoisotopic (exact) mass is 387 g/mol. The number of anilines is 1. The van der Waals surface area contributed by atoms with Crippen molar-refractivity contribution in [3.63, 3.8) is 0 Å². The molecular weight excluding hydrogens is 366 g/mol. The number of nitrogens with zero attached hydrogens (tertiary/aromatic N) is 1. The minimum Gasteiger partial charge on any atom is -0.374 e. The van der Waals surface area contributed by atoms with Crippen molar-refractivity contribution in [3.8, 4) is 0 Å². The fourth-order valence-electron chi connectivity index (χ4n) is 2.10. The van der Waals surface area contributed by atoms with Crippen LogP contribution < -0.4 is 10.7 Å². The Morgan fingerprint density at radius 1 is 1.04 bits per heavy atom. The molecule has 0 aromatic heterocycles. The SMILES string of the molecule is CC(Nc1ccc(Br)cc1)C(=O)NN=Cc1ccc(C(C)C)cc1. The molecule has 4 nitrogen and oxygen atoms in total. The second-order valence-electron chi connectivity index (χ2n) is 5.93. The molecule has 2 aromatic carbocycles. The molecule has 1 atom stereocenters. The molecule has 1 unspecified atom stereocenters. The summed E-state index contributed by atoms with van der Waals surface area (Å²) in [6, 6.07) is 15.4. The van der Waals surface area contributed by atoms with Crippen LogP contribution in [0.25, 0.3) is 0 Å². The summed E-state index contributed by atoms with van der Waals surface area (Å²) >= 11 is 3.38. The number of carbonyl (C=O) groups is 1. The Balaban J connectivity index is 1.86. The van der Waals surface area contributed by atoms with Crippen molar-refractivity contribution >= 4 is 33.7 Å². The maximum absolute atomic E-state index is 12.1. The van der Waals surface area contributed by atoms with E-state index in [2.05, 4.69) is 57.8 Å². The van der Waals surface area contributed by atoms with Crippen molar-refractivity contribution in [2.45, 2.75) is 32.7 Å². The molecule has 2 rings (SSSR count). The first kappa shape index (κ1) is 18.2. The van der Waals surface area contributed by atoms with Gasteiger partial charge in [0.1, 0.15) is 6.04 Å². The number of nitrogens with one attached hydrogen (secondary N) is 2. The Hall–Kier alpha value is -2.14. The van der Waals surface area contributed by atoms with Crippen LogP contribution in [0.2, 0.25) is 0 Å². The van der Waals surface area contributed by atoms with E-state index in [1.54, 1.807) is 13.1 Å². The van der Waals surface area contributed by atoms with Crippen LogP contribution in [-0.2, 0) is 4.79 Å². The molecule has 0 aliphatic rings. The summed E-state index contributed by atoms with van der Waals surface area (Å²) in [6.07, 6.45) is 1.65. The van der Waals surface area contributed by atoms with Gasteiger partial charge in [0.05, 0.1) is 6.21 Å². The number of hydrazone groups is 1. The zero-order valence-electron chi connectivity index (χ0n) is 14.1. The number of hydrogen-bond donors (Lipinski definition) is 2. The van der Waals surface area contributed by atoms with Gasteiger partial charge >= 0.3 is 0 Å². The molecule has 0 radical (unpaired) electrons. The molecule has 0 bridgehead atoms. The van der Waals surface area contributed by atoms with Gasteiger partial charge in [0.25, 0.3) is 5.91 Å². The molecule has 5 heteroatoms. The minimum atomic E-state index is -0.383. The van der Waals surface area contributed by atoms with Gasteiger partial charge in [-0.3, -0.25) is 4.79 Å². The van der Waals surface area contributed by atoms with Crippen LogP contribution in [0.4, 0.5) is 5.69 Å². The van der Waals surface area contributed by atoms with Gasteiger partial charge in [0.2, 0.25) is 0 Å². The molecule has 0 fully saturated rings. The van der Waals surface area contributed by atoms with Crippen LogP contribution in [0.15, 0.2) is 58.1 Å². The maximum atomic E-state index is 12.1. The Bertz CT molecular complexity index is 694. The largest absolute Gasteiger partial charge is 0.374 e. The molecule has 0 saturated carbocycles. The third-order valence-corrected chi connectivity index (χ3v) is 4.14. The third kappa shape index (κ3) is 5.49. The lowest BCUT2D eigenvalue weighted by Gasteiger charge is -2.13. The second kappa shape index (κ2) is 8.64. The number of benzene rings is 2. The summed E-state index contributed by atoms with van der Waals surface area (Å²) in [4.78, 5) is 12.1. The van der Waals surface area contributed by atoms with Gasteiger partial charge in [-0.05, 0) is 48.2 Å².